The summed E-state index contributed by atoms with van der Waals surface area (Å²) in [6, 6.07) is 8.03. The number of hydrogen-bond acceptors (Lipinski definition) is 2. The number of nitrogens with one attached hydrogen (secondary N) is 1. The predicted molar refractivity (Wildman–Crippen MR) is 87.3 cm³/mol. The van der Waals surface area contributed by atoms with E-state index < -0.39 is 0 Å². The molecule has 0 radical (unpaired) electrons. The molecule has 1 aromatic rings. The van der Waals surface area contributed by atoms with Gasteiger partial charge in [-0.25, -0.2) is 0 Å². The van der Waals surface area contributed by atoms with Crippen LogP contribution in [0.25, 0.3) is 0 Å². The first-order chi connectivity index (χ1) is 9.42. The number of carbonyl (C=O) groups is 1. The van der Waals surface area contributed by atoms with Crippen molar-refractivity contribution < 1.29 is 4.79 Å². The Morgan fingerprint density at radius 1 is 1.25 bits per heavy atom. The SMILES string of the molecule is CC(C)CC(CN)CC(=O)NC(C)c1ccc(Br)cc1. The lowest BCUT2D eigenvalue weighted by Crippen LogP contribution is -2.30. The van der Waals surface area contributed by atoms with E-state index in [0.717, 1.165) is 16.5 Å². The number of benzene rings is 1. The van der Waals surface area contributed by atoms with Crippen molar-refractivity contribution in [1.29, 1.82) is 0 Å². The molecule has 0 aliphatic rings. The van der Waals surface area contributed by atoms with Crippen LogP contribution in [0.4, 0.5) is 0 Å². The van der Waals surface area contributed by atoms with Crippen LogP contribution < -0.4 is 11.1 Å². The third kappa shape index (κ3) is 6.06. The third-order valence-electron chi connectivity index (χ3n) is 3.36. The fourth-order valence-electron chi connectivity index (χ4n) is 2.33. The van der Waals surface area contributed by atoms with E-state index in [4.69, 9.17) is 5.73 Å². The molecule has 4 heteroatoms. The van der Waals surface area contributed by atoms with E-state index in [0.29, 0.717) is 18.9 Å². The highest BCUT2D eigenvalue weighted by Gasteiger charge is 2.16. The van der Waals surface area contributed by atoms with Crippen molar-refractivity contribution in [2.24, 2.45) is 17.6 Å². The maximum atomic E-state index is 12.1. The van der Waals surface area contributed by atoms with Gasteiger partial charge in [-0.05, 0) is 49.4 Å². The Morgan fingerprint density at radius 3 is 2.35 bits per heavy atom. The van der Waals surface area contributed by atoms with Gasteiger partial charge in [-0.3, -0.25) is 4.79 Å². The Morgan fingerprint density at radius 2 is 1.85 bits per heavy atom. The first-order valence-corrected chi connectivity index (χ1v) is 7.96. The summed E-state index contributed by atoms with van der Waals surface area (Å²) in [4.78, 5) is 12.1. The van der Waals surface area contributed by atoms with Crippen LogP contribution in [0.1, 0.15) is 45.2 Å². The third-order valence-corrected chi connectivity index (χ3v) is 3.89. The maximum absolute atomic E-state index is 12.1. The molecule has 0 heterocycles. The van der Waals surface area contributed by atoms with Crippen LogP contribution in [0.5, 0.6) is 0 Å². The quantitative estimate of drug-likeness (QED) is 0.796. The van der Waals surface area contributed by atoms with Crippen LogP contribution in [0, 0.1) is 11.8 Å². The Balaban J connectivity index is 2.50. The summed E-state index contributed by atoms with van der Waals surface area (Å²) in [7, 11) is 0. The summed E-state index contributed by atoms with van der Waals surface area (Å²) in [5.41, 5.74) is 6.85. The van der Waals surface area contributed by atoms with Gasteiger partial charge in [-0.2, -0.15) is 0 Å². The molecule has 0 fully saturated rings. The fraction of sp³-hybridized carbons (Fsp3) is 0.562. The lowest BCUT2D eigenvalue weighted by molar-refractivity contribution is -0.122. The Hall–Kier alpha value is -0.870. The smallest absolute Gasteiger partial charge is 0.220 e. The zero-order valence-corrected chi connectivity index (χ0v) is 14.1. The van der Waals surface area contributed by atoms with Crippen LogP contribution in [0.3, 0.4) is 0 Å². The molecule has 3 N–H and O–H groups in total. The van der Waals surface area contributed by atoms with E-state index in [1.54, 1.807) is 0 Å². The van der Waals surface area contributed by atoms with Gasteiger partial charge in [0.05, 0.1) is 6.04 Å². The van der Waals surface area contributed by atoms with Crippen molar-refractivity contribution in [1.82, 2.24) is 5.32 Å². The van der Waals surface area contributed by atoms with Crippen molar-refractivity contribution in [2.45, 2.75) is 39.7 Å². The van der Waals surface area contributed by atoms with Gasteiger partial charge in [0.2, 0.25) is 5.91 Å². The topological polar surface area (TPSA) is 55.1 Å². The first kappa shape index (κ1) is 17.2. The van der Waals surface area contributed by atoms with Gasteiger partial charge in [0.25, 0.3) is 0 Å². The Bertz CT molecular complexity index is 417. The predicted octanol–water partition coefficient (Wildman–Crippen LogP) is 3.64. The zero-order chi connectivity index (χ0) is 15.1. The van der Waals surface area contributed by atoms with Gasteiger partial charge in [-0.1, -0.05) is 41.9 Å². The first-order valence-electron chi connectivity index (χ1n) is 7.17. The van der Waals surface area contributed by atoms with Gasteiger partial charge >= 0.3 is 0 Å². The average Bonchev–Trinajstić information content (AvgIpc) is 2.37. The highest BCUT2D eigenvalue weighted by Crippen LogP contribution is 2.18. The average molecular weight is 341 g/mol. The summed E-state index contributed by atoms with van der Waals surface area (Å²) in [6.45, 7) is 6.88. The van der Waals surface area contributed by atoms with Gasteiger partial charge in [-0.15, -0.1) is 0 Å². The van der Waals surface area contributed by atoms with Crippen LogP contribution in [0.2, 0.25) is 0 Å². The van der Waals surface area contributed by atoms with E-state index >= 15 is 0 Å². The van der Waals surface area contributed by atoms with Gasteiger partial charge in [0.1, 0.15) is 0 Å². The number of carbonyl (C=O) groups excluding carboxylic acids is 1. The summed E-state index contributed by atoms with van der Waals surface area (Å²) < 4.78 is 1.04. The largest absolute Gasteiger partial charge is 0.350 e. The van der Waals surface area contributed by atoms with Crippen LogP contribution in [-0.4, -0.2) is 12.5 Å². The molecule has 20 heavy (non-hydrogen) atoms. The minimum atomic E-state index is 0.0214. The van der Waals surface area contributed by atoms with E-state index in [9.17, 15) is 4.79 Å². The molecular formula is C16H25BrN2O. The Kier molecular flexibility index (Phi) is 7.24. The second-order valence-electron chi connectivity index (χ2n) is 5.78. The molecule has 1 rings (SSSR count). The maximum Gasteiger partial charge on any atom is 0.220 e. The lowest BCUT2D eigenvalue weighted by Gasteiger charge is -2.19. The minimum absolute atomic E-state index is 0.0214. The van der Waals surface area contributed by atoms with E-state index in [2.05, 4.69) is 35.1 Å². The molecule has 0 aliphatic carbocycles. The molecule has 112 valence electrons. The number of hydrogen-bond donors (Lipinski definition) is 2. The summed E-state index contributed by atoms with van der Waals surface area (Å²) in [5.74, 6) is 0.920. The lowest BCUT2D eigenvalue weighted by atomic mass is 9.94. The molecule has 1 amide bonds. The van der Waals surface area contributed by atoms with Crippen molar-refractivity contribution in [2.75, 3.05) is 6.54 Å². The van der Waals surface area contributed by atoms with Crippen molar-refractivity contribution in [3.63, 3.8) is 0 Å². The highest BCUT2D eigenvalue weighted by molar-refractivity contribution is 9.10. The van der Waals surface area contributed by atoms with Crippen molar-refractivity contribution in [3.05, 3.63) is 34.3 Å². The number of rotatable bonds is 7. The van der Waals surface area contributed by atoms with Crippen LogP contribution >= 0.6 is 15.9 Å². The second-order valence-corrected chi connectivity index (χ2v) is 6.69. The van der Waals surface area contributed by atoms with Crippen LogP contribution in [-0.2, 0) is 4.79 Å². The Labute approximate surface area is 130 Å². The fourth-order valence-corrected chi connectivity index (χ4v) is 2.59. The molecule has 0 aromatic heterocycles. The molecule has 0 saturated heterocycles. The number of nitrogens with two attached hydrogens (primary N) is 1. The van der Waals surface area contributed by atoms with Gasteiger partial charge in [0, 0.05) is 10.9 Å². The van der Waals surface area contributed by atoms with Crippen molar-refractivity contribution in [3.8, 4) is 0 Å². The minimum Gasteiger partial charge on any atom is -0.350 e. The molecule has 0 aliphatic heterocycles. The standard InChI is InChI=1S/C16H25BrN2O/c1-11(2)8-13(10-18)9-16(20)19-12(3)14-4-6-15(17)7-5-14/h4-7,11-13H,8-10,18H2,1-3H3,(H,19,20). The summed E-state index contributed by atoms with van der Waals surface area (Å²) in [6.07, 6.45) is 1.51. The highest BCUT2D eigenvalue weighted by atomic mass is 79.9. The monoisotopic (exact) mass is 340 g/mol. The molecule has 1 aromatic carbocycles. The van der Waals surface area contributed by atoms with E-state index in [-0.39, 0.29) is 17.9 Å². The molecular weight excluding hydrogens is 316 g/mol. The molecule has 3 nitrogen and oxygen atoms in total. The summed E-state index contributed by atoms with van der Waals surface area (Å²) in [5, 5.41) is 3.04. The number of amides is 1. The molecule has 2 unspecified atom stereocenters. The van der Waals surface area contributed by atoms with Gasteiger partial charge in [0.15, 0.2) is 0 Å². The van der Waals surface area contributed by atoms with Gasteiger partial charge < -0.3 is 11.1 Å². The molecule has 0 saturated carbocycles. The molecule has 0 spiro atoms. The van der Waals surface area contributed by atoms with Crippen molar-refractivity contribution >= 4 is 21.8 Å². The molecule has 2 atom stereocenters. The van der Waals surface area contributed by atoms with E-state index in [1.807, 2.05) is 31.2 Å². The van der Waals surface area contributed by atoms with E-state index in [1.165, 1.54) is 0 Å². The van der Waals surface area contributed by atoms with Crippen LogP contribution in [0.15, 0.2) is 28.7 Å². The zero-order valence-electron chi connectivity index (χ0n) is 12.5. The molecule has 0 bridgehead atoms. The number of halogens is 1. The normalized spacial score (nSPS) is 14.1. The second kappa shape index (κ2) is 8.42. The summed E-state index contributed by atoms with van der Waals surface area (Å²) >= 11 is 3.41.